The largest absolute Gasteiger partial charge is 0.371 e. The van der Waals surface area contributed by atoms with Crippen molar-refractivity contribution >= 4 is 10.0 Å². The lowest BCUT2D eigenvalue weighted by Gasteiger charge is -2.52. The maximum atomic E-state index is 13.9. The number of likely N-dealkylation sites (tertiary alicyclic amines) is 1. The van der Waals surface area contributed by atoms with Crippen LogP contribution in [0.4, 0.5) is 8.78 Å². The number of sulfonamides is 1. The van der Waals surface area contributed by atoms with Gasteiger partial charge in [0.05, 0.1) is 17.1 Å². The van der Waals surface area contributed by atoms with Crippen molar-refractivity contribution in [2.45, 2.75) is 49.5 Å². The van der Waals surface area contributed by atoms with E-state index >= 15 is 0 Å². The SMILES string of the molecule is Cc1ccc(S(=O)(=O)NC[C@H]2CC[C@H]3[C@H](CN3Cc3cc(F)ccc3F)O2)cc1. The predicted octanol–water partition coefficient (Wildman–Crippen LogP) is 2.98. The summed E-state index contributed by atoms with van der Waals surface area (Å²) in [7, 11) is -3.57. The average molecular weight is 422 g/mol. The fourth-order valence-electron chi connectivity index (χ4n) is 3.98. The van der Waals surface area contributed by atoms with E-state index in [0.29, 0.717) is 25.1 Å². The van der Waals surface area contributed by atoms with E-state index in [-0.39, 0.29) is 29.7 Å². The fourth-order valence-corrected chi connectivity index (χ4v) is 5.04. The van der Waals surface area contributed by atoms with E-state index in [1.165, 1.54) is 6.07 Å². The zero-order chi connectivity index (χ0) is 20.6. The van der Waals surface area contributed by atoms with Gasteiger partial charge in [-0.2, -0.15) is 0 Å². The number of hydrogen-bond donors (Lipinski definition) is 1. The summed E-state index contributed by atoms with van der Waals surface area (Å²) in [5, 5.41) is 0. The van der Waals surface area contributed by atoms with Gasteiger partial charge in [-0.25, -0.2) is 21.9 Å². The number of ether oxygens (including phenoxy) is 1. The van der Waals surface area contributed by atoms with Crippen LogP contribution in [0.1, 0.15) is 24.0 Å². The van der Waals surface area contributed by atoms with Crippen molar-refractivity contribution in [3.63, 3.8) is 0 Å². The van der Waals surface area contributed by atoms with E-state index in [1.807, 2.05) is 6.92 Å². The molecule has 29 heavy (non-hydrogen) atoms. The second kappa shape index (κ2) is 8.10. The lowest BCUT2D eigenvalue weighted by Crippen LogP contribution is -2.64. The molecule has 0 saturated carbocycles. The molecule has 0 bridgehead atoms. The summed E-state index contributed by atoms with van der Waals surface area (Å²) < 4.78 is 60.7. The van der Waals surface area contributed by atoms with E-state index < -0.39 is 21.7 Å². The van der Waals surface area contributed by atoms with Crippen LogP contribution in [0.3, 0.4) is 0 Å². The minimum absolute atomic E-state index is 0.00532. The molecular formula is C21H24F2N2O3S. The van der Waals surface area contributed by atoms with Gasteiger partial charge in [0.1, 0.15) is 11.6 Å². The molecule has 2 aliphatic heterocycles. The number of fused-ring (bicyclic) bond motifs is 1. The van der Waals surface area contributed by atoms with Gasteiger partial charge < -0.3 is 4.74 Å². The lowest BCUT2D eigenvalue weighted by atomic mass is 9.89. The van der Waals surface area contributed by atoms with Crippen LogP contribution in [-0.2, 0) is 21.3 Å². The Kier molecular flexibility index (Phi) is 5.70. The Bertz CT molecular complexity index is 982. The molecule has 2 heterocycles. The quantitative estimate of drug-likeness (QED) is 0.778. The number of benzene rings is 2. The maximum absolute atomic E-state index is 13.9. The molecule has 0 amide bonds. The predicted molar refractivity (Wildman–Crippen MR) is 105 cm³/mol. The van der Waals surface area contributed by atoms with Crippen molar-refractivity contribution in [2.24, 2.45) is 0 Å². The molecule has 3 atom stereocenters. The third-order valence-electron chi connectivity index (χ3n) is 5.68. The summed E-state index contributed by atoms with van der Waals surface area (Å²) in [5.74, 6) is -0.853. The maximum Gasteiger partial charge on any atom is 0.240 e. The molecule has 0 spiro atoms. The van der Waals surface area contributed by atoms with Crippen LogP contribution in [0.15, 0.2) is 47.4 Å². The van der Waals surface area contributed by atoms with E-state index in [9.17, 15) is 17.2 Å². The first-order chi connectivity index (χ1) is 13.8. The van der Waals surface area contributed by atoms with Gasteiger partial charge in [0.2, 0.25) is 10.0 Å². The molecule has 156 valence electrons. The molecule has 0 radical (unpaired) electrons. The standard InChI is InChI=1S/C21H24F2N2O3S/c1-14-2-6-18(7-3-14)29(26,27)24-11-17-5-9-20-21(28-17)13-25(20)12-15-10-16(22)4-8-19(15)23/h2-4,6-8,10,17,20-21,24H,5,9,11-13H2,1H3/t17-,20+,21+/m1/s1. The number of aryl methyl sites for hydroxylation is 1. The number of halogens is 2. The van der Waals surface area contributed by atoms with E-state index in [2.05, 4.69) is 9.62 Å². The van der Waals surface area contributed by atoms with E-state index in [4.69, 9.17) is 4.74 Å². The highest BCUT2D eigenvalue weighted by Gasteiger charge is 2.44. The van der Waals surface area contributed by atoms with Crippen LogP contribution >= 0.6 is 0 Å². The Balaban J connectivity index is 1.29. The van der Waals surface area contributed by atoms with Crippen molar-refractivity contribution in [2.75, 3.05) is 13.1 Å². The Hall–Kier alpha value is -1.87. The Morgan fingerprint density at radius 1 is 1.14 bits per heavy atom. The summed E-state index contributed by atoms with van der Waals surface area (Å²) in [6.45, 7) is 3.10. The van der Waals surface area contributed by atoms with Gasteiger partial charge in [-0.15, -0.1) is 0 Å². The smallest absolute Gasteiger partial charge is 0.240 e. The van der Waals surface area contributed by atoms with Gasteiger partial charge in [0.15, 0.2) is 0 Å². The van der Waals surface area contributed by atoms with E-state index in [1.54, 1.807) is 24.3 Å². The van der Waals surface area contributed by atoms with Crippen LogP contribution in [-0.4, -0.2) is 44.7 Å². The first-order valence-electron chi connectivity index (χ1n) is 9.71. The molecule has 2 aromatic rings. The minimum Gasteiger partial charge on any atom is -0.371 e. The van der Waals surface area contributed by atoms with Crippen molar-refractivity contribution in [3.05, 3.63) is 65.2 Å². The van der Waals surface area contributed by atoms with Crippen LogP contribution in [0, 0.1) is 18.6 Å². The summed E-state index contributed by atoms with van der Waals surface area (Å²) in [6.07, 6.45) is 1.34. The third-order valence-corrected chi connectivity index (χ3v) is 7.12. The monoisotopic (exact) mass is 422 g/mol. The number of rotatable bonds is 6. The first-order valence-corrected chi connectivity index (χ1v) is 11.2. The summed E-state index contributed by atoms with van der Waals surface area (Å²) >= 11 is 0. The molecule has 0 aromatic heterocycles. The average Bonchev–Trinajstić information content (AvgIpc) is 2.67. The van der Waals surface area contributed by atoms with Crippen molar-refractivity contribution in [1.82, 2.24) is 9.62 Å². The molecular weight excluding hydrogens is 398 g/mol. The fraction of sp³-hybridized carbons (Fsp3) is 0.429. The van der Waals surface area contributed by atoms with Gasteiger partial charge in [0.25, 0.3) is 0 Å². The summed E-state index contributed by atoms with van der Waals surface area (Å²) in [6, 6.07) is 10.4. The second-order valence-corrected chi connectivity index (χ2v) is 9.54. The van der Waals surface area contributed by atoms with Gasteiger partial charge in [-0.1, -0.05) is 17.7 Å². The van der Waals surface area contributed by atoms with Gasteiger partial charge in [0, 0.05) is 31.2 Å². The molecule has 1 N–H and O–H groups in total. The van der Waals surface area contributed by atoms with E-state index in [0.717, 1.165) is 24.1 Å². The van der Waals surface area contributed by atoms with Gasteiger partial charge >= 0.3 is 0 Å². The molecule has 8 heteroatoms. The number of nitrogens with zero attached hydrogens (tertiary/aromatic N) is 1. The van der Waals surface area contributed by atoms with Crippen molar-refractivity contribution in [1.29, 1.82) is 0 Å². The molecule has 0 aliphatic carbocycles. The molecule has 5 nitrogen and oxygen atoms in total. The second-order valence-electron chi connectivity index (χ2n) is 7.77. The molecule has 2 saturated heterocycles. The molecule has 2 fully saturated rings. The summed E-state index contributed by atoms with van der Waals surface area (Å²) in [4.78, 5) is 2.32. The number of nitrogens with one attached hydrogen (secondary N) is 1. The van der Waals surface area contributed by atoms with Crippen LogP contribution in [0.5, 0.6) is 0 Å². The summed E-state index contributed by atoms with van der Waals surface area (Å²) in [5.41, 5.74) is 1.34. The normalized spacial score (nSPS) is 24.7. The first kappa shape index (κ1) is 20.4. The Morgan fingerprint density at radius 2 is 1.90 bits per heavy atom. The molecule has 2 aliphatic rings. The topological polar surface area (TPSA) is 58.6 Å². The zero-order valence-corrected chi connectivity index (χ0v) is 17.0. The van der Waals surface area contributed by atoms with Crippen LogP contribution < -0.4 is 4.72 Å². The zero-order valence-electron chi connectivity index (χ0n) is 16.1. The lowest BCUT2D eigenvalue weighted by molar-refractivity contribution is -0.168. The Morgan fingerprint density at radius 3 is 2.62 bits per heavy atom. The van der Waals surface area contributed by atoms with Crippen molar-refractivity contribution in [3.8, 4) is 0 Å². The van der Waals surface area contributed by atoms with Crippen molar-refractivity contribution < 1.29 is 21.9 Å². The third kappa shape index (κ3) is 4.50. The van der Waals surface area contributed by atoms with Crippen LogP contribution in [0.25, 0.3) is 0 Å². The highest BCUT2D eigenvalue weighted by atomic mass is 32.2. The van der Waals surface area contributed by atoms with Crippen LogP contribution in [0.2, 0.25) is 0 Å². The number of hydrogen-bond acceptors (Lipinski definition) is 4. The highest BCUT2D eigenvalue weighted by Crippen LogP contribution is 2.33. The molecule has 0 unspecified atom stereocenters. The van der Waals surface area contributed by atoms with Gasteiger partial charge in [-0.3, -0.25) is 4.90 Å². The molecule has 4 rings (SSSR count). The highest BCUT2D eigenvalue weighted by molar-refractivity contribution is 7.89. The van der Waals surface area contributed by atoms with Gasteiger partial charge in [-0.05, 0) is 50.1 Å². The minimum atomic E-state index is -3.57. The molecule has 2 aromatic carbocycles. The Labute approximate surface area is 169 Å².